The summed E-state index contributed by atoms with van der Waals surface area (Å²) in [4.78, 5) is 48.9. The topological polar surface area (TPSA) is 154 Å². The fraction of sp³-hybridized carbons (Fsp3) is 0.632. The summed E-state index contributed by atoms with van der Waals surface area (Å²) in [5.41, 5.74) is 2.45. The molecule has 30 heavy (non-hydrogen) atoms. The van der Waals surface area contributed by atoms with Gasteiger partial charge >= 0.3 is 6.09 Å². The van der Waals surface area contributed by atoms with E-state index in [9.17, 15) is 24.3 Å². The number of carbonyl (C=O) groups excluding carboxylic acids is 3. The molecule has 4 N–H and O–H groups in total. The van der Waals surface area contributed by atoms with E-state index in [4.69, 9.17) is 4.52 Å². The van der Waals surface area contributed by atoms with E-state index in [1.807, 2.05) is 0 Å². The minimum absolute atomic E-state index is 0.0269. The Morgan fingerprint density at radius 3 is 2.63 bits per heavy atom. The molecule has 2 unspecified atom stereocenters. The Morgan fingerprint density at radius 1 is 1.40 bits per heavy atom. The van der Waals surface area contributed by atoms with Gasteiger partial charge in [0.2, 0.25) is 5.91 Å². The predicted molar refractivity (Wildman–Crippen MR) is 101 cm³/mol. The van der Waals surface area contributed by atoms with Gasteiger partial charge in [-0.05, 0) is 50.4 Å². The lowest BCUT2D eigenvalue weighted by Crippen LogP contribution is -2.60. The minimum atomic E-state index is -1.37. The first-order valence-corrected chi connectivity index (χ1v) is 10.1. The van der Waals surface area contributed by atoms with Crippen LogP contribution in [0.15, 0.2) is 10.6 Å². The number of hydrogen-bond donors (Lipinski definition) is 4. The van der Waals surface area contributed by atoms with Gasteiger partial charge in [-0.2, -0.15) is 0 Å². The van der Waals surface area contributed by atoms with Crippen LogP contribution in [0.5, 0.6) is 0 Å². The Bertz CT molecular complexity index is 866. The molecule has 0 spiro atoms. The van der Waals surface area contributed by atoms with E-state index >= 15 is 0 Å². The lowest BCUT2D eigenvalue weighted by molar-refractivity contribution is -0.140. The molecule has 11 nitrogen and oxygen atoms in total. The molecule has 0 radical (unpaired) electrons. The average molecular weight is 419 g/mol. The van der Waals surface area contributed by atoms with Gasteiger partial charge in [-0.1, -0.05) is 5.16 Å². The maximum Gasteiger partial charge on any atom is 0.426 e. The molecule has 1 saturated heterocycles. The van der Waals surface area contributed by atoms with Crippen LogP contribution in [-0.2, 0) is 9.59 Å². The second-order valence-electron chi connectivity index (χ2n) is 8.68. The van der Waals surface area contributed by atoms with E-state index in [0.717, 1.165) is 24.3 Å². The Balaban J connectivity index is 1.44. The van der Waals surface area contributed by atoms with E-state index in [1.54, 1.807) is 6.92 Å². The third-order valence-corrected chi connectivity index (χ3v) is 6.33. The van der Waals surface area contributed by atoms with Crippen molar-refractivity contribution >= 4 is 23.8 Å². The SMILES string of the molecule is Cc1cc(C(=O)NC(CC23CC(C2)C3)C(=O)NN(CC2CCNC2=O)C(=O)O)no1. The molecule has 5 rings (SSSR count). The first-order valence-electron chi connectivity index (χ1n) is 10.1. The first kappa shape index (κ1) is 20.2. The largest absolute Gasteiger partial charge is 0.464 e. The zero-order valence-corrected chi connectivity index (χ0v) is 16.6. The van der Waals surface area contributed by atoms with Gasteiger partial charge in [0.15, 0.2) is 5.69 Å². The first-order chi connectivity index (χ1) is 14.2. The Morgan fingerprint density at radius 2 is 2.13 bits per heavy atom. The highest BCUT2D eigenvalue weighted by Gasteiger charge is 2.57. The molecule has 3 saturated carbocycles. The van der Waals surface area contributed by atoms with E-state index < -0.39 is 29.9 Å². The second-order valence-corrected chi connectivity index (χ2v) is 8.68. The summed E-state index contributed by atoms with van der Waals surface area (Å²) in [7, 11) is 0. The van der Waals surface area contributed by atoms with Gasteiger partial charge in [0.25, 0.3) is 11.8 Å². The molecular weight excluding hydrogens is 394 g/mol. The molecule has 3 aliphatic carbocycles. The summed E-state index contributed by atoms with van der Waals surface area (Å²) in [5, 5.41) is 19.2. The molecule has 4 aliphatic rings. The molecule has 1 aromatic heterocycles. The molecule has 4 fully saturated rings. The Kier molecular flexibility index (Phi) is 5.12. The van der Waals surface area contributed by atoms with Gasteiger partial charge in [0.05, 0.1) is 12.5 Å². The monoisotopic (exact) mass is 419 g/mol. The smallest absolute Gasteiger partial charge is 0.426 e. The molecule has 162 valence electrons. The number of nitrogens with one attached hydrogen (secondary N) is 3. The fourth-order valence-electron chi connectivity index (χ4n) is 4.68. The normalized spacial score (nSPS) is 27.3. The number of amides is 4. The minimum Gasteiger partial charge on any atom is -0.464 e. The summed E-state index contributed by atoms with van der Waals surface area (Å²) < 4.78 is 4.91. The standard InChI is InChI=1S/C19H25N5O6/c1-10-4-13(23-30-10)16(26)21-14(8-19-5-11(6-19)7-19)17(27)22-24(18(28)29)9-12-2-3-20-15(12)25/h4,11-12,14H,2-3,5-9H2,1H3,(H,20,25)(H,21,26)(H,22,27)(H,28,29). The van der Waals surface area contributed by atoms with Crippen LogP contribution in [0.3, 0.4) is 0 Å². The second kappa shape index (κ2) is 7.62. The third-order valence-electron chi connectivity index (χ3n) is 6.33. The van der Waals surface area contributed by atoms with Crippen LogP contribution in [0.1, 0.15) is 48.4 Å². The van der Waals surface area contributed by atoms with Crippen molar-refractivity contribution in [2.24, 2.45) is 17.3 Å². The van der Waals surface area contributed by atoms with Crippen LogP contribution in [0, 0.1) is 24.2 Å². The van der Waals surface area contributed by atoms with Crippen LogP contribution in [0.4, 0.5) is 4.79 Å². The Hall–Kier alpha value is -3.11. The van der Waals surface area contributed by atoms with Crippen molar-refractivity contribution in [1.82, 2.24) is 26.2 Å². The molecule has 4 amide bonds. The quantitative estimate of drug-likeness (QED) is 0.467. The van der Waals surface area contributed by atoms with Crippen LogP contribution in [-0.4, -0.2) is 58.2 Å². The summed E-state index contributed by atoms with van der Waals surface area (Å²) in [5.74, 6) is -0.794. The molecule has 2 bridgehead atoms. The molecule has 1 aliphatic heterocycles. The highest BCUT2D eigenvalue weighted by molar-refractivity contribution is 5.96. The number of nitrogens with zero attached hydrogens (tertiary/aromatic N) is 2. The number of hydrazine groups is 1. The summed E-state index contributed by atoms with van der Waals surface area (Å²) in [6, 6.07) is 0.545. The van der Waals surface area contributed by atoms with Crippen molar-refractivity contribution < 1.29 is 28.8 Å². The van der Waals surface area contributed by atoms with Crippen LogP contribution < -0.4 is 16.1 Å². The number of carbonyl (C=O) groups is 4. The molecule has 2 heterocycles. The van der Waals surface area contributed by atoms with Crippen molar-refractivity contribution in [3.8, 4) is 0 Å². The maximum atomic E-state index is 12.9. The highest BCUT2D eigenvalue weighted by atomic mass is 16.5. The number of aryl methyl sites for hydroxylation is 1. The van der Waals surface area contributed by atoms with Gasteiger partial charge in [0, 0.05) is 12.6 Å². The van der Waals surface area contributed by atoms with Crippen molar-refractivity contribution in [2.75, 3.05) is 13.1 Å². The number of rotatable bonds is 7. The average Bonchev–Trinajstić information content (AvgIpc) is 3.23. The molecule has 1 aromatic rings. The number of aromatic nitrogens is 1. The highest BCUT2D eigenvalue weighted by Crippen LogP contribution is 2.66. The van der Waals surface area contributed by atoms with Crippen molar-refractivity contribution in [1.29, 1.82) is 0 Å². The van der Waals surface area contributed by atoms with Crippen molar-refractivity contribution in [3.05, 3.63) is 17.5 Å². The molecule has 2 atom stereocenters. The van der Waals surface area contributed by atoms with Gasteiger partial charge in [-0.25, -0.2) is 9.80 Å². The lowest BCUT2D eigenvalue weighted by Gasteiger charge is -2.63. The van der Waals surface area contributed by atoms with Crippen molar-refractivity contribution in [2.45, 2.75) is 45.1 Å². The van der Waals surface area contributed by atoms with Crippen LogP contribution in [0.25, 0.3) is 0 Å². The van der Waals surface area contributed by atoms with E-state index in [2.05, 4.69) is 21.2 Å². The van der Waals surface area contributed by atoms with Gasteiger partial charge in [0.1, 0.15) is 11.8 Å². The van der Waals surface area contributed by atoms with Crippen molar-refractivity contribution in [3.63, 3.8) is 0 Å². The Labute approximate surface area is 172 Å². The summed E-state index contributed by atoms with van der Waals surface area (Å²) in [6.07, 6.45) is 2.59. The molecular formula is C19H25N5O6. The van der Waals surface area contributed by atoms with Crippen LogP contribution in [0.2, 0.25) is 0 Å². The lowest BCUT2D eigenvalue weighted by atomic mass is 9.43. The van der Waals surface area contributed by atoms with Gasteiger partial charge in [-0.3, -0.25) is 19.8 Å². The number of hydrogen-bond acceptors (Lipinski definition) is 6. The summed E-state index contributed by atoms with van der Waals surface area (Å²) >= 11 is 0. The van der Waals surface area contributed by atoms with Crippen LogP contribution >= 0.6 is 0 Å². The van der Waals surface area contributed by atoms with Gasteiger partial charge in [-0.15, -0.1) is 0 Å². The van der Waals surface area contributed by atoms with E-state index in [1.165, 1.54) is 6.07 Å². The van der Waals surface area contributed by atoms with E-state index in [0.29, 0.717) is 31.1 Å². The zero-order chi connectivity index (χ0) is 21.5. The predicted octanol–water partition coefficient (Wildman–Crippen LogP) is 0.419. The summed E-state index contributed by atoms with van der Waals surface area (Å²) in [6.45, 7) is 1.98. The van der Waals surface area contributed by atoms with Gasteiger partial charge < -0.3 is 20.3 Å². The third kappa shape index (κ3) is 3.96. The molecule has 0 aromatic carbocycles. The van der Waals surface area contributed by atoms with E-state index in [-0.39, 0.29) is 23.6 Å². The maximum absolute atomic E-state index is 12.9. The molecule has 11 heteroatoms. The fourth-order valence-corrected chi connectivity index (χ4v) is 4.68. The number of carboxylic acid groups (broad SMARTS) is 1. The zero-order valence-electron chi connectivity index (χ0n) is 16.6.